The van der Waals surface area contributed by atoms with Crippen molar-refractivity contribution in [2.75, 3.05) is 11.9 Å². The van der Waals surface area contributed by atoms with Crippen molar-refractivity contribution in [1.82, 2.24) is 0 Å². The minimum atomic E-state index is -0.513. The van der Waals surface area contributed by atoms with E-state index in [1.807, 2.05) is 31.2 Å². The van der Waals surface area contributed by atoms with Crippen LogP contribution in [0.5, 0.6) is 0 Å². The van der Waals surface area contributed by atoms with Gasteiger partial charge in [-0.05, 0) is 43.3 Å². The van der Waals surface area contributed by atoms with Crippen molar-refractivity contribution in [3.63, 3.8) is 0 Å². The Bertz CT molecular complexity index is 636. The zero-order valence-corrected chi connectivity index (χ0v) is 13.0. The van der Waals surface area contributed by atoms with Gasteiger partial charge in [-0.15, -0.1) is 0 Å². The molecule has 1 N–H and O–H groups in total. The van der Waals surface area contributed by atoms with Gasteiger partial charge < -0.3 is 10.1 Å². The van der Waals surface area contributed by atoms with Crippen molar-refractivity contribution in [2.45, 2.75) is 6.92 Å². The van der Waals surface area contributed by atoms with Gasteiger partial charge in [0.25, 0.3) is 5.91 Å². The van der Waals surface area contributed by atoms with E-state index >= 15 is 0 Å². The third-order valence-electron chi connectivity index (χ3n) is 2.75. The quantitative estimate of drug-likeness (QED) is 0.860. The lowest BCUT2D eigenvalue weighted by molar-refractivity contribution is -0.119. The number of halogens is 1. The summed E-state index contributed by atoms with van der Waals surface area (Å²) >= 11 is 3.31. The second-order valence-corrected chi connectivity index (χ2v) is 5.41. The molecule has 0 saturated carbocycles. The molecular formula is C16H14BrNO3. The molecule has 0 atom stereocenters. The molecule has 0 heterocycles. The Morgan fingerprint density at radius 3 is 2.29 bits per heavy atom. The minimum Gasteiger partial charge on any atom is -0.452 e. The molecule has 21 heavy (non-hydrogen) atoms. The Morgan fingerprint density at radius 1 is 1.05 bits per heavy atom. The number of aryl methyl sites for hydroxylation is 1. The van der Waals surface area contributed by atoms with Gasteiger partial charge in [0.15, 0.2) is 6.61 Å². The van der Waals surface area contributed by atoms with E-state index < -0.39 is 5.97 Å². The fourth-order valence-electron chi connectivity index (χ4n) is 1.63. The predicted molar refractivity (Wildman–Crippen MR) is 84.2 cm³/mol. The van der Waals surface area contributed by atoms with Crippen LogP contribution in [-0.4, -0.2) is 18.5 Å². The number of carbonyl (C=O) groups excluding carboxylic acids is 2. The Labute approximate surface area is 131 Å². The maximum Gasteiger partial charge on any atom is 0.338 e. The first-order chi connectivity index (χ1) is 10.0. The van der Waals surface area contributed by atoms with Gasteiger partial charge >= 0.3 is 5.97 Å². The first-order valence-electron chi connectivity index (χ1n) is 6.34. The van der Waals surface area contributed by atoms with E-state index in [-0.39, 0.29) is 12.5 Å². The summed E-state index contributed by atoms with van der Waals surface area (Å²) in [5.41, 5.74) is 2.13. The molecule has 2 aromatic carbocycles. The number of carbonyl (C=O) groups is 2. The molecule has 2 rings (SSSR count). The average Bonchev–Trinajstić information content (AvgIpc) is 2.48. The number of benzene rings is 2. The molecule has 0 spiro atoms. The summed E-state index contributed by atoms with van der Waals surface area (Å²) < 4.78 is 5.89. The molecule has 0 fully saturated rings. The Balaban J connectivity index is 1.84. The van der Waals surface area contributed by atoms with E-state index in [1.54, 1.807) is 24.3 Å². The third-order valence-corrected chi connectivity index (χ3v) is 3.28. The van der Waals surface area contributed by atoms with Crippen LogP contribution in [0.1, 0.15) is 15.9 Å². The summed E-state index contributed by atoms with van der Waals surface area (Å²) in [5, 5.41) is 2.65. The van der Waals surface area contributed by atoms with Gasteiger partial charge in [-0.2, -0.15) is 0 Å². The van der Waals surface area contributed by atoms with Crippen molar-refractivity contribution < 1.29 is 14.3 Å². The van der Waals surface area contributed by atoms with E-state index in [0.717, 1.165) is 10.0 Å². The summed E-state index contributed by atoms with van der Waals surface area (Å²) in [4.78, 5) is 23.4. The van der Waals surface area contributed by atoms with E-state index in [0.29, 0.717) is 11.3 Å². The highest BCUT2D eigenvalue weighted by atomic mass is 79.9. The van der Waals surface area contributed by atoms with Crippen molar-refractivity contribution >= 4 is 33.5 Å². The molecule has 0 aromatic heterocycles. The van der Waals surface area contributed by atoms with Crippen LogP contribution in [0.3, 0.4) is 0 Å². The maximum absolute atomic E-state index is 11.7. The van der Waals surface area contributed by atoms with E-state index in [2.05, 4.69) is 21.2 Å². The first kappa shape index (κ1) is 15.3. The predicted octanol–water partition coefficient (Wildman–Crippen LogP) is 3.55. The van der Waals surface area contributed by atoms with Gasteiger partial charge in [0.05, 0.1) is 5.56 Å². The second-order valence-electron chi connectivity index (χ2n) is 4.50. The normalized spacial score (nSPS) is 10.0. The minimum absolute atomic E-state index is 0.317. The first-order valence-corrected chi connectivity index (χ1v) is 7.13. The Hall–Kier alpha value is -2.14. The summed E-state index contributed by atoms with van der Waals surface area (Å²) in [6.45, 7) is 1.61. The third kappa shape index (κ3) is 4.72. The lowest BCUT2D eigenvalue weighted by Gasteiger charge is -2.07. The highest BCUT2D eigenvalue weighted by Gasteiger charge is 2.10. The standard InChI is InChI=1S/C16H14BrNO3/c1-11-2-4-12(5-3-11)16(20)21-10-15(19)18-14-8-6-13(17)7-9-14/h2-9H,10H2,1H3,(H,18,19). The van der Waals surface area contributed by atoms with Crippen molar-refractivity contribution in [3.8, 4) is 0 Å². The van der Waals surface area contributed by atoms with E-state index in [4.69, 9.17) is 4.74 Å². The fraction of sp³-hybridized carbons (Fsp3) is 0.125. The van der Waals surface area contributed by atoms with Gasteiger partial charge in [0.1, 0.15) is 0 Å². The van der Waals surface area contributed by atoms with Gasteiger partial charge in [0, 0.05) is 10.2 Å². The topological polar surface area (TPSA) is 55.4 Å². The Kier molecular flexibility index (Phi) is 5.11. The molecule has 5 heteroatoms. The molecule has 0 aliphatic heterocycles. The van der Waals surface area contributed by atoms with Crippen LogP contribution in [0.25, 0.3) is 0 Å². The van der Waals surface area contributed by atoms with Crippen molar-refractivity contribution in [1.29, 1.82) is 0 Å². The Morgan fingerprint density at radius 2 is 1.67 bits per heavy atom. The summed E-state index contributed by atoms with van der Waals surface area (Å²) in [7, 11) is 0. The molecule has 108 valence electrons. The van der Waals surface area contributed by atoms with Gasteiger partial charge in [-0.3, -0.25) is 4.79 Å². The highest BCUT2D eigenvalue weighted by Crippen LogP contribution is 2.14. The lowest BCUT2D eigenvalue weighted by atomic mass is 10.1. The van der Waals surface area contributed by atoms with Gasteiger partial charge in [-0.25, -0.2) is 4.79 Å². The summed E-state index contributed by atoms with van der Waals surface area (Å²) in [5.74, 6) is -0.890. The lowest BCUT2D eigenvalue weighted by Crippen LogP contribution is -2.20. The van der Waals surface area contributed by atoms with Crippen LogP contribution < -0.4 is 5.32 Å². The molecule has 2 aromatic rings. The molecule has 0 radical (unpaired) electrons. The largest absolute Gasteiger partial charge is 0.452 e. The maximum atomic E-state index is 11.7. The zero-order valence-electron chi connectivity index (χ0n) is 11.4. The van der Waals surface area contributed by atoms with Crippen LogP contribution in [0, 0.1) is 6.92 Å². The molecule has 0 saturated heterocycles. The van der Waals surface area contributed by atoms with Crippen LogP contribution >= 0.6 is 15.9 Å². The zero-order chi connectivity index (χ0) is 15.2. The van der Waals surface area contributed by atoms with Crippen molar-refractivity contribution in [3.05, 3.63) is 64.1 Å². The molecule has 0 bridgehead atoms. The number of ether oxygens (including phenoxy) is 1. The molecular weight excluding hydrogens is 334 g/mol. The monoisotopic (exact) mass is 347 g/mol. The smallest absolute Gasteiger partial charge is 0.338 e. The highest BCUT2D eigenvalue weighted by molar-refractivity contribution is 9.10. The van der Waals surface area contributed by atoms with Crippen LogP contribution in [-0.2, 0) is 9.53 Å². The SMILES string of the molecule is Cc1ccc(C(=O)OCC(=O)Nc2ccc(Br)cc2)cc1. The van der Waals surface area contributed by atoms with Gasteiger partial charge in [-0.1, -0.05) is 33.6 Å². The molecule has 0 aliphatic rings. The van der Waals surface area contributed by atoms with Gasteiger partial charge in [0.2, 0.25) is 0 Å². The number of rotatable bonds is 4. The van der Waals surface area contributed by atoms with Crippen LogP contribution in [0.15, 0.2) is 53.0 Å². The van der Waals surface area contributed by atoms with Crippen molar-refractivity contribution in [2.24, 2.45) is 0 Å². The summed E-state index contributed by atoms with van der Waals surface area (Å²) in [6, 6.07) is 14.1. The summed E-state index contributed by atoms with van der Waals surface area (Å²) in [6.07, 6.45) is 0. The fourth-order valence-corrected chi connectivity index (χ4v) is 1.90. The average molecular weight is 348 g/mol. The molecule has 1 amide bonds. The number of nitrogens with one attached hydrogen (secondary N) is 1. The van der Waals surface area contributed by atoms with Crippen LogP contribution in [0.4, 0.5) is 5.69 Å². The number of amides is 1. The van der Waals surface area contributed by atoms with Crippen LogP contribution in [0.2, 0.25) is 0 Å². The molecule has 0 aliphatic carbocycles. The molecule has 4 nitrogen and oxygen atoms in total. The molecule has 0 unspecified atom stereocenters. The number of esters is 1. The van der Waals surface area contributed by atoms with E-state index in [1.165, 1.54) is 0 Å². The number of anilines is 1. The number of hydrogen-bond acceptors (Lipinski definition) is 3. The number of hydrogen-bond donors (Lipinski definition) is 1. The second kappa shape index (κ2) is 7.04. The van der Waals surface area contributed by atoms with E-state index in [9.17, 15) is 9.59 Å².